The summed E-state index contributed by atoms with van der Waals surface area (Å²) in [6.07, 6.45) is 3.68. The van der Waals surface area contributed by atoms with Crippen molar-refractivity contribution in [2.24, 2.45) is 11.0 Å². The molecule has 2 amide bonds. The summed E-state index contributed by atoms with van der Waals surface area (Å²) in [4.78, 5) is 28.1. The molecule has 1 atom stereocenters. The first-order valence-corrected chi connectivity index (χ1v) is 13.1. The van der Waals surface area contributed by atoms with E-state index >= 15 is 0 Å². The van der Waals surface area contributed by atoms with Gasteiger partial charge in [0.1, 0.15) is 6.04 Å². The predicted molar refractivity (Wildman–Crippen MR) is 139 cm³/mol. The van der Waals surface area contributed by atoms with E-state index in [2.05, 4.69) is 22.6 Å². The summed E-state index contributed by atoms with van der Waals surface area (Å²) in [5, 5.41) is 8.98. The highest BCUT2D eigenvalue weighted by Crippen LogP contribution is 2.29. The number of thioether (sulfide) groups is 1. The third-order valence-electron chi connectivity index (χ3n) is 6.16. The van der Waals surface area contributed by atoms with Crippen molar-refractivity contribution in [3.63, 3.8) is 0 Å². The van der Waals surface area contributed by atoms with Crippen molar-refractivity contribution in [1.82, 2.24) is 10.2 Å². The SMILES string of the molecule is CS/C=C(\N=N)c1ccc(C(=O)N[C@@H](C(=O)N2CCC(c3ccc(Cl)cc3)CC2)C(C)C)cc1. The molecule has 0 aromatic heterocycles. The predicted octanol–water partition coefficient (Wildman–Crippen LogP) is 6.19. The Morgan fingerprint density at radius 2 is 1.68 bits per heavy atom. The van der Waals surface area contributed by atoms with Gasteiger partial charge in [0, 0.05) is 29.2 Å². The Bertz CT molecular complexity index is 1030. The Morgan fingerprint density at radius 1 is 1.09 bits per heavy atom. The second kappa shape index (κ2) is 12.2. The van der Waals surface area contributed by atoms with E-state index in [9.17, 15) is 9.59 Å². The molecule has 0 unspecified atom stereocenters. The topological polar surface area (TPSA) is 85.6 Å². The average Bonchev–Trinajstić information content (AvgIpc) is 2.86. The first-order valence-electron chi connectivity index (χ1n) is 11.4. The van der Waals surface area contributed by atoms with Crippen LogP contribution in [-0.2, 0) is 4.79 Å². The number of carbonyl (C=O) groups is 2. The molecule has 1 aliphatic rings. The average molecular weight is 499 g/mol. The molecule has 0 saturated carbocycles. The minimum atomic E-state index is -0.588. The summed E-state index contributed by atoms with van der Waals surface area (Å²) in [6.45, 7) is 5.23. The van der Waals surface area contributed by atoms with Gasteiger partial charge >= 0.3 is 0 Å². The number of benzene rings is 2. The van der Waals surface area contributed by atoms with Crippen LogP contribution in [0.1, 0.15) is 54.1 Å². The van der Waals surface area contributed by atoms with Gasteiger partial charge in [0.25, 0.3) is 5.91 Å². The number of hydrogen-bond donors (Lipinski definition) is 2. The Labute approximate surface area is 210 Å². The number of likely N-dealkylation sites (tertiary alicyclic amines) is 1. The Kier molecular flexibility index (Phi) is 9.30. The molecule has 180 valence electrons. The molecule has 0 spiro atoms. The van der Waals surface area contributed by atoms with E-state index in [4.69, 9.17) is 17.1 Å². The van der Waals surface area contributed by atoms with E-state index in [1.807, 2.05) is 37.1 Å². The fourth-order valence-corrected chi connectivity index (χ4v) is 4.70. The minimum Gasteiger partial charge on any atom is -0.341 e. The van der Waals surface area contributed by atoms with Crippen LogP contribution >= 0.6 is 23.4 Å². The Hall–Kier alpha value is -2.64. The molecular formula is C26H31ClN4O2S. The van der Waals surface area contributed by atoms with Gasteiger partial charge in [-0.3, -0.25) is 9.59 Å². The summed E-state index contributed by atoms with van der Waals surface area (Å²) in [5.74, 6) is 0.0518. The molecule has 3 rings (SSSR count). The highest BCUT2D eigenvalue weighted by atomic mass is 35.5. The summed E-state index contributed by atoms with van der Waals surface area (Å²) < 4.78 is 0. The number of piperidine rings is 1. The number of nitrogens with one attached hydrogen (secondary N) is 2. The van der Waals surface area contributed by atoms with Crippen molar-refractivity contribution in [1.29, 1.82) is 5.53 Å². The standard InChI is InChI=1S/C26H31ClN4O2S/c1-17(2)24(29-25(32)21-6-4-20(5-7-21)23(30-28)16-34-3)26(33)31-14-12-19(13-15-31)18-8-10-22(27)11-9-18/h4-11,16-17,19,24,28H,12-15H2,1-3H3,(H,29,32)/b23-16-,30-28?/t24-/m1/s1. The zero-order valence-corrected chi connectivity index (χ0v) is 21.3. The normalized spacial score (nSPS) is 15.8. The number of amides is 2. The molecule has 1 aliphatic heterocycles. The molecule has 0 radical (unpaired) electrons. The number of rotatable bonds is 8. The van der Waals surface area contributed by atoms with Crippen LogP contribution in [0.4, 0.5) is 0 Å². The number of halogens is 1. The fraction of sp³-hybridized carbons (Fsp3) is 0.385. The molecule has 2 aromatic rings. The van der Waals surface area contributed by atoms with Gasteiger partial charge in [-0.15, -0.1) is 11.8 Å². The number of hydrogen-bond acceptors (Lipinski definition) is 5. The lowest BCUT2D eigenvalue weighted by Crippen LogP contribution is -2.52. The Balaban J connectivity index is 1.63. The van der Waals surface area contributed by atoms with Crippen LogP contribution in [0.2, 0.25) is 5.02 Å². The third kappa shape index (κ3) is 6.48. The van der Waals surface area contributed by atoms with Crippen LogP contribution in [-0.4, -0.2) is 42.1 Å². The minimum absolute atomic E-state index is 0.0345. The van der Waals surface area contributed by atoms with Crippen molar-refractivity contribution in [3.05, 3.63) is 75.7 Å². The van der Waals surface area contributed by atoms with Crippen molar-refractivity contribution >= 4 is 40.9 Å². The molecule has 1 fully saturated rings. The van der Waals surface area contributed by atoms with Crippen molar-refractivity contribution < 1.29 is 9.59 Å². The molecule has 34 heavy (non-hydrogen) atoms. The zero-order chi connectivity index (χ0) is 24.7. The molecule has 2 aromatic carbocycles. The van der Waals surface area contributed by atoms with E-state index in [-0.39, 0.29) is 17.7 Å². The molecular weight excluding hydrogens is 468 g/mol. The maximum atomic E-state index is 13.3. The summed E-state index contributed by atoms with van der Waals surface area (Å²) >= 11 is 7.47. The lowest BCUT2D eigenvalue weighted by molar-refractivity contribution is -0.135. The van der Waals surface area contributed by atoms with E-state index < -0.39 is 6.04 Å². The van der Waals surface area contributed by atoms with Gasteiger partial charge in [-0.1, -0.05) is 49.7 Å². The maximum Gasteiger partial charge on any atom is 0.251 e. The highest BCUT2D eigenvalue weighted by Gasteiger charge is 2.31. The van der Waals surface area contributed by atoms with Crippen LogP contribution in [0.3, 0.4) is 0 Å². The molecule has 8 heteroatoms. The van der Waals surface area contributed by atoms with Crippen molar-refractivity contribution in [2.45, 2.75) is 38.6 Å². The molecule has 1 saturated heterocycles. The summed E-state index contributed by atoms with van der Waals surface area (Å²) in [7, 11) is 0. The lowest BCUT2D eigenvalue weighted by atomic mass is 9.89. The molecule has 6 nitrogen and oxygen atoms in total. The van der Waals surface area contributed by atoms with E-state index in [0.717, 1.165) is 23.4 Å². The second-order valence-corrected chi connectivity index (χ2v) is 9.92. The third-order valence-corrected chi connectivity index (χ3v) is 6.87. The first kappa shape index (κ1) is 26.0. The van der Waals surface area contributed by atoms with Crippen LogP contribution in [0.25, 0.3) is 5.70 Å². The number of nitrogens with zero attached hydrogens (tertiary/aromatic N) is 2. The molecule has 1 heterocycles. The lowest BCUT2D eigenvalue weighted by Gasteiger charge is -2.35. The van der Waals surface area contributed by atoms with Crippen LogP contribution in [0.5, 0.6) is 0 Å². The number of carbonyl (C=O) groups excluding carboxylic acids is 2. The first-order chi connectivity index (χ1) is 16.3. The van der Waals surface area contributed by atoms with Crippen molar-refractivity contribution in [3.8, 4) is 0 Å². The van der Waals surface area contributed by atoms with Crippen molar-refractivity contribution in [2.75, 3.05) is 19.3 Å². The van der Waals surface area contributed by atoms with Crippen LogP contribution in [0.15, 0.2) is 59.1 Å². The zero-order valence-electron chi connectivity index (χ0n) is 19.8. The van der Waals surface area contributed by atoms with Gasteiger partial charge in [0.05, 0.1) is 5.70 Å². The van der Waals surface area contributed by atoms with Gasteiger partial charge in [0.2, 0.25) is 5.91 Å². The van der Waals surface area contributed by atoms with Crippen LogP contribution in [0, 0.1) is 11.4 Å². The smallest absolute Gasteiger partial charge is 0.251 e. The van der Waals surface area contributed by atoms with Gasteiger partial charge < -0.3 is 10.2 Å². The molecule has 0 bridgehead atoms. The summed E-state index contributed by atoms with van der Waals surface area (Å²) in [5.41, 5.74) is 10.3. The fourth-order valence-electron chi connectivity index (χ4n) is 4.17. The highest BCUT2D eigenvalue weighted by molar-refractivity contribution is 8.01. The van der Waals surface area contributed by atoms with Crippen LogP contribution < -0.4 is 5.32 Å². The van der Waals surface area contributed by atoms with Gasteiger partial charge in [0.15, 0.2) is 0 Å². The monoisotopic (exact) mass is 498 g/mol. The van der Waals surface area contributed by atoms with Gasteiger partial charge in [-0.25, -0.2) is 5.53 Å². The maximum absolute atomic E-state index is 13.3. The quantitative estimate of drug-likeness (QED) is 0.425. The van der Waals surface area contributed by atoms with Gasteiger partial charge in [-0.05, 0) is 66.2 Å². The molecule has 2 N–H and O–H groups in total. The van der Waals surface area contributed by atoms with E-state index in [0.29, 0.717) is 30.3 Å². The summed E-state index contributed by atoms with van der Waals surface area (Å²) in [6, 6.07) is 14.3. The molecule has 0 aliphatic carbocycles. The van der Waals surface area contributed by atoms with E-state index in [1.165, 1.54) is 17.3 Å². The Morgan fingerprint density at radius 3 is 2.21 bits per heavy atom. The second-order valence-electron chi connectivity index (χ2n) is 8.77. The van der Waals surface area contributed by atoms with Gasteiger partial charge in [-0.2, -0.15) is 5.11 Å². The van der Waals surface area contributed by atoms with E-state index in [1.54, 1.807) is 29.7 Å². The largest absolute Gasteiger partial charge is 0.341 e.